The van der Waals surface area contributed by atoms with Gasteiger partial charge in [0.1, 0.15) is 0 Å². The average Bonchev–Trinajstić information content (AvgIpc) is 2.75. The van der Waals surface area contributed by atoms with Crippen molar-refractivity contribution in [2.24, 2.45) is 11.8 Å². The maximum absolute atomic E-state index is 12.4. The van der Waals surface area contributed by atoms with Crippen LogP contribution in [0.4, 0.5) is 0 Å². The predicted molar refractivity (Wildman–Crippen MR) is 111 cm³/mol. The van der Waals surface area contributed by atoms with Crippen molar-refractivity contribution in [3.05, 3.63) is 59.7 Å². The molecule has 1 fully saturated rings. The molecule has 0 heterocycles. The zero-order valence-corrected chi connectivity index (χ0v) is 15.5. The van der Waals surface area contributed by atoms with E-state index in [4.69, 9.17) is 24.4 Å². The second kappa shape index (κ2) is 9.45. The number of carbonyl (C=O) groups is 2. The first kappa shape index (κ1) is 20.0. The molecule has 0 saturated heterocycles. The molecule has 0 spiro atoms. The number of ether oxygens (including phenoxy) is 2. The summed E-state index contributed by atoms with van der Waals surface area (Å²) in [5.74, 6) is 3.03. The summed E-state index contributed by atoms with van der Waals surface area (Å²) < 4.78 is 10.9. The summed E-state index contributed by atoms with van der Waals surface area (Å²) in [4.78, 5) is 24.7. The number of hydrogen-bond acceptors (Lipinski definition) is 4. The van der Waals surface area contributed by atoms with Crippen LogP contribution in [0.3, 0.4) is 0 Å². The molecule has 138 valence electrons. The summed E-state index contributed by atoms with van der Waals surface area (Å²) in [5, 5.41) is 0. The monoisotopic (exact) mass is 370 g/mol. The molecular weight excluding hydrogens is 350 g/mol. The van der Waals surface area contributed by atoms with E-state index in [1.807, 2.05) is 0 Å². The first-order chi connectivity index (χ1) is 13.6. The minimum atomic E-state index is -0.259. The Morgan fingerprint density at radius 1 is 0.679 bits per heavy atom. The molecule has 1 aliphatic carbocycles. The topological polar surface area (TPSA) is 52.6 Å². The van der Waals surface area contributed by atoms with E-state index in [1.54, 1.807) is 48.5 Å². The SMILES string of the molecule is [B]=Cc1ccc(OC(=O)C2CCC(C(=O)Oc3ccc(C=[B])cc3)CC2)cc1. The molecule has 0 unspecified atom stereocenters. The van der Waals surface area contributed by atoms with Crippen LogP contribution in [0, 0.1) is 11.8 Å². The normalized spacial score (nSPS) is 18.6. The zero-order valence-electron chi connectivity index (χ0n) is 15.5. The number of hydrogen-bond donors (Lipinski definition) is 0. The molecule has 2 aromatic rings. The molecule has 0 aromatic heterocycles. The van der Waals surface area contributed by atoms with Crippen LogP contribution >= 0.6 is 0 Å². The molecule has 3 rings (SSSR count). The van der Waals surface area contributed by atoms with Gasteiger partial charge in [-0.1, -0.05) is 0 Å². The van der Waals surface area contributed by atoms with Crippen molar-refractivity contribution in [2.75, 3.05) is 0 Å². The number of rotatable bonds is 6. The second-order valence-corrected chi connectivity index (χ2v) is 6.86. The average molecular weight is 370 g/mol. The van der Waals surface area contributed by atoms with Crippen LogP contribution in [0.1, 0.15) is 36.8 Å². The van der Waals surface area contributed by atoms with Gasteiger partial charge in [-0.05, 0) is 0 Å². The summed E-state index contributed by atoms with van der Waals surface area (Å²) >= 11 is 0. The third-order valence-electron chi connectivity index (χ3n) is 4.98. The van der Waals surface area contributed by atoms with Gasteiger partial charge in [0.15, 0.2) is 0 Å². The van der Waals surface area contributed by atoms with Crippen LogP contribution < -0.4 is 9.47 Å². The number of carbonyl (C=O) groups excluding carboxylic acids is 2. The summed E-state index contributed by atoms with van der Waals surface area (Å²) in [6.07, 6.45) is 2.42. The molecule has 6 heteroatoms. The van der Waals surface area contributed by atoms with Crippen molar-refractivity contribution in [1.29, 1.82) is 0 Å². The summed E-state index contributed by atoms with van der Waals surface area (Å²) in [6.45, 7) is 0. The van der Waals surface area contributed by atoms with Gasteiger partial charge in [-0.25, -0.2) is 0 Å². The number of benzene rings is 2. The Labute approximate surface area is 167 Å². The first-order valence-electron chi connectivity index (χ1n) is 9.32. The fraction of sp³-hybridized carbons (Fsp3) is 0.273. The van der Waals surface area contributed by atoms with Gasteiger partial charge in [-0.3, -0.25) is 0 Å². The fourth-order valence-corrected chi connectivity index (χ4v) is 3.26. The standard InChI is InChI=1S/C22H20B2O4/c23-13-15-1-9-19(10-2-15)27-21(25)17-5-7-18(8-6-17)22(26)28-20-11-3-16(14-24)4-12-20/h1-4,9-14,17-18H,5-8H2. The molecule has 28 heavy (non-hydrogen) atoms. The second-order valence-electron chi connectivity index (χ2n) is 6.86. The van der Waals surface area contributed by atoms with Gasteiger partial charge in [0.2, 0.25) is 0 Å². The van der Waals surface area contributed by atoms with Crippen LogP contribution in [0.2, 0.25) is 0 Å². The van der Waals surface area contributed by atoms with Gasteiger partial charge in [-0.2, -0.15) is 0 Å². The molecule has 1 saturated carbocycles. The Morgan fingerprint density at radius 3 is 1.29 bits per heavy atom. The summed E-state index contributed by atoms with van der Waals surface area (Å²) in [5.41, 5.74) is 1.71. The van der Waals surface area contributed by atoms with Crippen molar-refractivity contribution >= 4 is 38.8 Å². The van der Waals surface area contributed by atoms with E-state index < -0.39 is 0 Å². The van der Waals surface area contributed by atoms with Crippen molar-refractivity contribution in [2.45, 2.75) is 25.7 Å². The molecule has 0 N–H and O–H groups in total. The van der Waals surface area contributed by atoms with Gasteiger partial charge < -0.3 is 0 Å². The maximum atomic E-state index is 12.4. The van der Waals surface area contributed by atoms with Crippen molar-refractivity contribution in [1.82, 2.24) is 0 Å². The molecule has 4 nitrogen and oxygen atoms in total. The van der Waals surface area contributed by atoms with Crippen LogP contribution in [0.15, 0.2) is 48.5 Å². The first-order valence-corrected chi connectivity index (χ1v) is 9.32. The molecule has 2 aromatic carbocycles. The third-order valence-corrected chi connectivity index (χ3v) is 4.98. The summed E-state index contributed by atoms with van der Waals surface area (Å²) in [7, 11) is 10.9. The van der Waals surface area contributed by atoms with Crippen molar-refractivity contribution < 1.29 is 19.1 Å². The molecular formula is C22H20B2O4. The van der Waals surface area contributed by atoms with Gasteiger partial charge >= 0.3 is 167 Å². The Kier molecular flexibility index (Phi) is 6.75. The van der Waals surface area contributed by atoms with E-state index in [1.165, 1.54) is 11.9 Å². The molecule has 0 amide bonds. The van der Waals surface area contributed by atoms with E-state index in [2.05, 4.69) is 0 Å². The molecule has 0 aliphatic heterocycles. The molecule has 2 radical (unpaired) electrons. The van der Waals surface area contributed by atoms with E-state index in [9.17, 15) is 9.59 Å². The molecule has 0 atom stereocenters. The quantitative estimate of drug-likeness (QED) is 0.446. The van der Waals surface area contributed by atoms with Crippen LogP contribution in [-0.4, -0.2) is 38.8 Å². The van der Waals surface area contributed by atoms with Crippen molar-refractivity contribution in [3.8, 4) is 11.5 Å². The van der Waals surface area contributed by atoms with Crippen molar-refractivity contribution in [3.63, 3.8) is 0 Å². The van der Waals surface area contributed by atoms with E-state index in [-0.39, 0.29) is 23.8 Å². The summed E-state index contributed by atoms with van der Waals surface area (Å²) in [6, 6.07) is 14.0. The van der Waals surface area contributed by atoms with Gasteiger partial charge in [0.25, 0.3) is 0 Å². The zero-order chi connectivity index (χ0) is 19.9. The third kappa shape index (κ3) is 5.16. The Morgan fingerprint density at radius 2 is 1.00 bits per heavy atom. The van der Waals surface area contributed by atoms with Crippen LogP contribution in [0.25, 0.3) is 0 Å². The number of esters is 2. The Bertz CT molecular complexity index is 778. The Hall–Kier alpha value is -2.75. The van der Waals surface area contributed by atoms with E-state index in [0.717, 1.165) is 11.1 Å². The van der Waals surface area contributed by atoms with Crippen LogP contribution in [-0.2, 0) is 9.59 Å². The fourth-order valence-electron chi connectivity index (χ4n) is 3.26. The minimum absolute atomic E-state index is 0.204. The van der Waals surface area contributed by atoms with Crippen LogP contribution in [0.5, 0.6) is 11.5 Å². The predicted octanol–water partition coefficient (Wildman–Crippen LogP) is 2.64. The Balaban J connectivity index is 1.48. The molecule has 0 bridgehead atoms. The molecule has 1 aliphatic rings. The van der Waals surface area contributed by atoms with E-state index in [0.29, 0.717) is 37.2 Å². The van der Waals surface area contributed by atoms with Gasteiger partial charge in [-0.15, -0.1) is 0 Å². The van der Waals surface area contributed by atoms with Gasteiger partial charge in [0, 0.05) is 0 Å². The van der Waals surface area contributed by atoms with E-state index >= 15 is 0 Å². The van der Waals surface area contributed by atoms with Gasteiger partial charge in [0.05, 0.1) is 0 Å².